The van der Waals surface area contributed by atoms with Crippen molar-refractivity contribution in [2.24, 2.45) is 0 Å². The molecule has 0 unspecified atom stereocenters. The molecule has 0 aliphatic carbocycles. The molecule has 1 aliphatic heterocycles. The van der Waals surface area contributed by atoms with Crippen LogP contribution < -0.4 is 4.90 Å². The van der Waals surface area contributed by atoms with Crippen molar-refractivity contribution in [3.8, 4) is 0 Å². The maximum absolute atomic E-state index is 9.82. The summed E-state index contributed by atoms with van der Waals surface area (Å²) in [7, 11) is 0. The number of hydrogen-bond donors (Lipinski definition) is 1. The van der Waals surface area contributed by atoms with Gasteiger partial charge in [-0.3, -0.25) is 0 Å². The number of hydrogen-bond acceptors (Lipinski definition) is 3. The summed E-state index contributed by atoms with van der Waals surface area (Å²) in [5, 5.41) is 10.6. The highest BCUT2D eigenvalue weighted by molar-refractivity contribution is 6.30. The lowest BCUT2D eigenvalue weighted by Gasteiger charge is -2.35. The van der Waals surface area contributed by atoms with Gasteiger partial charge in [0.25, 0.3) is 0 Å². The van der Waals surface area contributed by atoms with Gasteiger partial charge in [-0.25, -0.2) is 4.98 Å². The number of aliphatic hydroxyl groups is 1. The molecule has 1 aromatic heterocycles. The molecule has 0 radical (unpaired) electrons. The third kappa shape index (κ3) is 3.24. The van der Waals surface area contributed by atoms with Crippen LogP contribution in [0.3, 0.4) is 0 Å². The topological polar surface area (TPSA) is 41.3 Å². The molecule has 0 spiro atoms. The van der Waals surface area contributed by atoms with Gasteiger partial charge in [-0.2, -0.15) is 0 Å². The molecule has 0 amide bonds. The lowest BCUT2D eigenvalue weighted by atomic mass is 10.0. The van der Waals surface area contributed by atoms with Crippen LogP contribution in [-0.4, -0.2) is 33.9 Å². The van der Waals surface area contributed by atoms with Crippen LogP contribution in [0.2, 0.25) is 5.02 Å². The molecule has 1 saturated heterocycles. The predicted molar refractivity (Wildman–Crippen MR) is 102 cm³/mol. The molecule has 0 saturated carbocycles. The summed E-state index contributed by atoms with van der Waals surface area (Å²) in [5.41, 5.74) is 3.30. The summed E-state index contributed by atoms with van der Waals surface area (Å²) in [4.78, 5) is 7.18. The third-order valence-corrected chi connectivity index (χ3v) is 5.24. The van der Waals surface area contributed by atoms with Gasteiger partial charge >= 0.3 is 0 Å². The van der Waals surface area contributed by atoms with Crippen LogP contribution in [0, 0.1) is 0 Å². The zero-order valence-corrected chi connectivity index (χ0v) is 14.9. The first-order valence-corrected chi connectivity index (χ1v) is 9.21. The van der Waals surface area contributed by atoms with E-state index >= 15 is 0 Å². The van der Waals surface area contributed by atoms with Crippen molar-refractivity contribution in [1.82, 2.24) is 9.55 Å². The van der Waals surface area contributed by atoms with Crippen molar-refractivity contribution in [2.45, 2.75) is 31.8 Å². The van der Waals surface area contributed by atoms with E-state index in [9.17, 15) is 5.11 Å². The lowest BCUT2D eigenvalue weighted by molar-refractivity contribution is 0.238. The van der Waals surface area contributed by atoms with Crippen molar-refractivity contribution in [2.75, 3.05) is 18.1 Å². The summed E-state index contributed by atoms with van der Waals surface area (Å²) in [5.74, 6) is 0.954. The number of aromatic nitrogens is 2. The molecule has 0 bridgehead atoms. The zero-order chi connectivity index (χ0) is 17.2. The van der Waals surface area contributed by atoms with Crippen molar-refractivity contribution in [3.05, 3.63) is 59.1 Å². The molecular weight excluding hydrogens is 334 g/mol. The summed E-state index contributed by atoms with van der Waals surface area (Å²) < 4.78 is 2.26. The molecule has 4 rings (SSSR count). The Balaban J connectivity index is 1.78. The molecule has 1 atom stereocenters. The third-order valence-electron chi connectivity index (χ3n) is 4.98. The fourth-order valence-electron chi connectivity index (χ4n) is 3.66. The van der Waals surface area contributed by atoms with Gasteiger partial charge in [0.2, 0.25) is 5.95 Å². The minimum absolute atomic E-state index is 0.148. The fourth-order valence-corrected chi connectivity index (χ4v) is 3.79. The molecule has 5 heteroatoms. The second-order valence-electron chi connectivity index (χ2n) is 6.64. The van der Waals surface area contributed by atoms with Gasteiger partial charge in [0.15, 0.2) is 0 Å². The highest BCUT2D eigenvalue weighted by Gasteiger charge is 2.26. The number of anilines is 1. The van der Waals surface area contributed by atoms with E-state index in [-0.39, 0.29) is 12.6 Å². The highest BCUT2D eigenvalue weighted by atomic mass is 35.5. The van der Waals surface area contributed by atoms with Crippen LogP contribution >= 0.6 is 11.6 Å². The Hall–Kier alpha value is -2.04. The maximum Gasteiger partial charge on any atom is 0.207 e. The number of piperidine rings is 1. The average molecular weight is 356 g/mol. The first-order chi connectivity index (χ1) is 12.3. The number of benzene rings is 2. The molecular formula is C20H22ClN3O. The summed E-state index contributed by atoms with van der Waals surface area (Å²) >= 11 is 6.02. The van der Waals surface area contributed by atoms with Crippen LogP contribution in [0.5, 0.6) is 0 Å². The lowest BCUT2D eigenvalue weighted by Crippen LogP contribution is -2.43. The smallest absolute Gasteiger partial charge is 0.207 e. The Labute approximate surface area is 152 Å². The van der Waals surface area contributed by atoms with E-state index < -0.39 is 0 Å². The summed E-state index contributed by atoms with van der Waals surface area (Å²) in [6.07, 6.45) is 3.32. The van der Waals surface area contributed by atoms with Gasteiger partial charge in [0.05, 0.1) is 30.2 Å². The van der Waals surface area contributed by atoms with Crippen LogP contribution in [-0.2, 0) is 6.54 Å². The van der Waals surface area contributed by atoms with Crippen LogP contribution in [0.1, 0.15) is 24.8 Å². The molecule has 2 heterocycles. The molecule has 130 valence electrons. The minimum atomic E-state index is 0.148. The van der Waals surface area contributed by atoms with Gasteiger partial charge in [-0.15, -0.1) is 0 Å². The molecule has 1 N–H and O–H groups in total. The number of para-hydroxylation sites is 2. The monoisotopic (exact) mass is 355 g/mol. The molecule has 1 fully saturated rings. The van der Waals surface area contributed by atoms with E-state index in [1.165, 1.54) is 12.0 Å². The normalized spacial score (nSPS) is 18.0. The van der Waals surface area contributed by atoms with E-state index in [1.807, 2.05) is 24.3 Å². The van der Waals surface area contributed by atoms with Crippen molar-refractivity contribution in [3.63, 3.8) is 0 Å². The zero-order valence-electron chi connectivity index (χ0n) is 14.1. The Kier molecular flexibility index (Phi) is 4.64. The maximum atomic E-state index is 9.82. The van der Waals surface area contributed by atoms with Crippen LogP contribution in [0.15, 0.2) is 48.5 Å². The summed E-state index contributed by atoms with van der Waals surface area (Å²) in [6, 6.07) is 16.3. The SMILES string of the molecule is OC[C@H]1CCCCN1c1nc2ccccc2n1Cc1ccc(Cl)cc1. The fraction of sp³-hybridized carbons (Fsp3) is 0.350. The first kappa shape index (κ1) is 16.4. The average Bonchev–Trinajstić information content (AvgIpc) is 3.02. The number of aliphatic hydroxyl groups excluding tert-OH is 1. The summed E-state index contributed by atoms with van der Waals surface area (Å²) in [6.45, 7) is 1.85. The van der Waals surface area contributed by atoms with Crippen LogP contribution in [0.4, 0.5) is 5.95 Å². The van der Waals surface area contributed by atoms with Gasteiger partial charge in [0, 0.05) is 11.6 Å². The second-order valence-corrected chi connectivity index (χ2v) is 7.08. The minimum Gasteiger partial charge on any atom is -0.394 e. The highest BCUT2D eigenvalue weighted by Crippen LogP contribution is 2.29. The van der Waals surface area contributed by atoms with E-state index in [0.717, 1.165) is 47.9 Å². The number of nitrogens with zero attached hydrogens (tertiary/aromatic N) is 3. The molecule has 25 heavy (non-hydrogen) atoms. The quantitative estimate of drug-likeness (QED) is 0.766. The standard InChI is InChI=1S/C20H22ClN3O/c21-16-10-8-15(9-11-16)13-24-19-7-2-1-6-18(19)22-20(24)23-12-4-3-5-17(23)14-25/h1-2,6-11,17,25H,3-5,12-14H2/t17-/m1/s1. The van der Waals surface area contributed by atoms with E-state index in [1.54, 1.807) is 0 Å². The van der Waals surface area contributed by atoms with Gasteiger partial charge in [0.1, 0.15) is 0 Å². The Morgan fingerprint density at radius 1 is 1.08 bits per heavy atom. The van der Waals surface area contributed by atoms with Crippen molar-refractivity contribution in [1.29, 1.82) is 0 Å². The number of halogens is 1. The number of rotatable bonds is 4. The largest absolute Gasteiger partial charge is 0.394 e. The van der Waals surface area contributed by atoms with E-state index in [2.05, 4.69) is 33.7 Å². The predicted octanol–water partition coefficient (Wildman–Crippen LogP) is 4.09. The Morgan fingerprint density at radius 3 is 2.68 bits per heavy atom. The van der Waals surface area contributed by atoms with Gasteiger partial charge in [-0.05, 0) is 49.1 Å². The van der Waals surface area contributed by atoms with Crippen molar-refractivity contribution < 1.29 is 5.11 Å². The van der Waals surface area contributed by atoms with Gasteiger partial charge in [-0.1, -0.05) is 35.9 Å². The van der Waals surface area contributed by atoms with E-state index in [4.69, 9.17) is 16.6 Å². The second kappa shape index (κ2) is 7.06. The first-order valence-electron chi connectivity index (χ1n) is 8.83. The van der Waals surface area contributed by atoms with E-state index in [0.29, 0.717) is 0 Å². The van der Waals surface area contributed by atoms with Crippen LogP contribution in [0.25, 0.3) is 11.0 Å². The van der Waals surface area contributed by atoms with Gasteiger partial charge < -0.3 is 14.6 Å². The Morgan fingerprint density at radius 2 is 1.88 bits per heavy atom. The molecule has 4 nitrogen and oxygen atoms in total. The Bertz CT molecular complexity index is 859. The van der Waals surface area contributed by atoms with Crippen molar-refractivity contribution >= 4 is 28.6 Å². The molecule has 3 aromatic rings. The molecule has 2 aromatic carbocycles. The number of fused-ring (bicyclic) bond motifs is 1. The number of imidazole rings is 1. The molecule has 1 aliphatic rings.